The van der Waals surface area contributed by atoms with Crippen molar-refractivity contribution in [3.63, 3.8) is 0 Å². The molecule has 7 unspecified atom stereocenters. The number of hydrogen-bond acceptors (Lipinski definition) is 38. The van der Waals surface area contributed by atoms with Gasteiger partial charge in [-0.25, -0.2) is 0 Å². The molecule has 0 spiro atoms. The van der Waals surface area contributed by atoms with Crippen molar-refractivity contribution in [1.82, 2.24) is 0 Å². The van der Waals surface area contributed by atoms with Crippen LogP contribution in [0.4, 0.5) is 0 Å². The molecule has 0 aromatic carbocycles. The van der Waals surface area contributed by atoms with Crippen molar-refractivity contribution < 1.29 is 337 Å². The van der Waals surface area contributed by atoms with Gasteiger partial charge in [0.1, 0.15) is 124 Å². The molecule has 16 fully saturated rings. The zero-order valence-corrected chi connectivity index (χ0v) is 114. The zero-order valence-electron chi connectivity index (χ0n) is 92.9. The van der Waals surface area contributed by atoms with Crippen LogP contribution in [0.1, 0.15) is 257 Å². The molecule has 0 aliphatic carbocycles. The van der Waals surface area contributed by atoms with E-state index >= 15 is 0 Å². The summed E-state index contributed by atoms with van der Waals surface area (Å²) >= 11 is 0. The Balaban J connectivity index is 0.000000422. The third kappa shape index (κ3) is 28.3. The Kier molecular flexibility index (Phi) is 58.2. The SMILES string of the molecule is C=C1O[C@H]2[CH-]O[C@]1(CC)[C@H]2OC.C=C1O[C@H]2[CH-]O[C@]1(CC)[C@H]2OC.C=C1O[C@H]2[CH-]O[C@]1(CO)[C@H]2OC.CCC(C)[C@]1(CC)OC(OC(C)=O)[C@H](OC(C)=O)[C@@H]1OC.CCC(C)[C@]1(CC)O[C@@H]2OC(C)(C)O[C@@H]2[C@@H]1OC.CCC(C)[C@]1(CC)O[CH-][C@H](OC(C)=O)[C@@H]1OC.CCC(O)[C@]1(CC)O[C@@H]2OC(C)(C)O[C@@H]2[C@@H]1OC.CCC1O[C@H]2[CH-]O[C@]1(CC)[C@H]2OC.CC[C@@]1(C(O)CO)O[C@@H]2OC(C)(C)O[C@@H]2[C@@H]1OC.[U].[U].[U].[U].[U]. The summed E-state index contributed by atoms with van der Waals surface area (Å²) < 4.78 is 174. The molecule has 43 heteroatoms. The summed E-state index contributed by atoms with van der Waals surface area (Å²) in [6.45, 7) is 67.3. The fourth-order valence-electron chi connectivity index (χ4n) is 23.2. The second kappa shape index (κ2) is 60.2. The second-order valence-electron chi connectivity index (χ2n) is 39.6. The normalized spacial score (nSPS) is 40.6. The van der Waals surface area contributed by atoms with E-state index in [2.05, 4.69) is 89.0 Å². The van der Waals surface area contributed by atoms with E-state index in [0.717, 1.165) is 57.8 Å². The molecule has 8 bridgehead atoms. The first-order valence-electron chi connectivity index (χ1n) is 50.5. The molecule has 0 saturated carbocycles. The maximum atomic E-state index is 11.4. The Hall–Kier alpha value is 1.13. The number of esters is 3. The standard InChI is InChI=1S/C15H26O6.C14H26O4.C13H24O5.C13H23O4.C12H22O6.C10H17O3.2C9H13O3.C8H11O4.5U/c1-7-9(3)15(8-2)13(18-6)12(19-10(4)16)14(21-15)20-11(5)17;1-7-9(3)14(8-2)11(15-6)10-12(18-14)17-13(4,5)16-10;1-6-8(14)13(7-2)10(15-5)9-11(18-13)17-12(3,4)16-9;1-6-9(3)13(7-2)12(15-5)11(8-16-13)17-10(4)14;1-5-12(7(14)6-13)9(15-4)8-10(18-12)17-11(2,3)16-8;1-4-8-10(5-2)9(11-3)7(13-8)6-12-10;2*1-4-9-6(2)12-7(5-11-9)8(9)10-3;1-5-8(4-9)7(10-2)6(12-5)3-11-8;;;;;/h9,12-14H,7-8H2,1-6H3;9-12H,7-8H2,1-6H3;8-11,14H,6-7H2,1-5H3;8-9,11-12H,6-7H2,1-5H3;7-10,13-14H,5-6H2,1-4H3;6-9H,4-5H2,1-3H3;2*5,7-8H,2,4H2,1,3H3;3,6-7,9H,1,4H2,2H3;;;;;/q;;;-1;;4*-1;;;;;/t9?,12-,13+,14?,15+;9?,10-,11+,12+,14+;8?,9-,10+,11+,13+;9?,11-,12-,13-;7?,8-,9+,10+,12+;7-,8?,9-,10-;2*7-,8-,9-;6-,7-,8-;;;;;/m111010000...../s1. The van der Waals surface area contributed by atoms with Crippen LogP contribution < -0.4 is 0 Å². The van der Waals surface area contributed by atoms with Crippen molar-refractivity contribution in [2.24, 2.45) is 17.8 Å². The van der Waals surface area contributed by atoms with E-state index in [4.69, 9.17) is 152 Å². The molecule has 38 nitrogen and oxygen atoms in total. The Morgan fingerprint density at radius 3 is 0.973 bits per heavy atom. The minimum atomic E-state index is -1.03. The van der Waals surface area contributed by atoms with Gasteiger partial charge < -0.3 is 167 Å². The van der Waals surface area contributed by atoms with Gasteiger partial charge in [0.05, 0.1) is 48.8 Å². The first-order valence-corrected chi connectivity index (χ1v) is 50.5. The molecule has 16 aliphatic rings. The molecule has 16 saturated heterocycles. The summed E-state index contributed by atoms with van der Waals surface area (Å²) in [6, 6.07) is 0. The van der Waals surface area contributed by atoms with Crippen molar-refractivity contribution in [3.05, 3.63) is 70.0 Å². The van der Waals surface area contributed by atoms with Gasteiger partial charge in [-0.05, 0) is 130 Å². The van der Waals surface area contributed by atoms with Crippen LogP contribution in [-0.4, -0.2) is 337 Å². The largest absolute Gasteiger partial charge is 0.542 e. The summed E-state index contributed by atoms with van der Waals surface area (Å²) in [5.41, 5.74) is -4.97. The van der Waals surface area contributed by atoms with E-state index in [1.54, 1.807) is 111 Å². The van der Waals surface area contributed by atoms with Crippen LogP contribution in [0, 0.1) is 206 Å². The van der Waals surface area contributed by atoms with E-state index < -0.39 is 131 Å². The van der Waals surface area contributed by atoms with E-state index in [-0.39, 0.29) is 283 Å². The van der Waals surface area contributed by atoms with Crippen molar-refractivity contribution in [2.75, 3.05) is 77.2 Å². The summed E-state index contributed by atoms with van der Waals surface area (Å²) in [4.78, 5) is 33.7. The molecule has 0 aromatic rings. The summed E-state index contributed by atoms with van der Waals surface area (Å²) in [6.07, 6.45) is 2.84. The van der Waals surface area contributed by atoms with Gasteiger partial charge >= 0.3 is 11.9 Å². The number of methoxy groups -OCH3 is 9. The van der Waals surface area contributed by atoms with Gasteiger partial charge in [-0.3, -0.25) is 14.4 Å². The minimum Gasteiger partial charge on any atom is -0.542 e. The average molecular weight is 3210 g/mol. The van der Waals surface area contributed by atoms with Gasteiger partial charge in [0.25, 0.3) is 5.97 Å². The third-order valence-electron chi connectivity index (χ3n) is 31.2. The van der Waals surface area contributed by atoms with E-state index in [1.165, 1.54) is 20.8 Å². The molecular formula is C103H175O38U5-5. The van der Waals surface area contributed by atoms with Crippen molar-refractivity contribution in [3.8, 4) is 0 Å². The molecule has 37 atom stereocenters. The van der Waals surface area contributed by atoms with Gasteiger partial charge in [-0.15, -0.1) is 0 Å². The number of hydrogen-bond donors (Lipinski definition) is 4. The Labute approximate surface area is 987 Å². The van der Waals surface area contributed by atoms with E-state index in [9.17, 15) is 29.7 Å². The fraction of sp³-hybridized carbons (Fsp3) is 0.864. The van der Waals surface area contributed by atoms with Gasteiger partial charge in [0, 0.05) is 265 Å². The molecule has 16 aliphatic heterocycles. The predicted octanol–water partition coefficient (Wildman–Crippen LogP) is 12.4. The fourth-order valence-corrected chi connectivity index (χ4v) is 23.2. The van der Waals surface area contributed by atoms with Crippen LogP contribution in [-0.2, 0) is 161 Å². The number of carbonyl (C=O) groups excluding carboxylic acids is 3. The van der Waals surface area contributed by atoms with Crippen LogP contribution in [0.3, 0.4) is 0 Å². The van der Waals surface area contributed by atoms with Crippen LogP contribution >= 0.6 is 0 Å². The van der Waals surface area contributed by atoms with E-state index in [0.29, 0.717) is 54.8 Å². The molecule has 0 radical (unpaired) electrons. The first kappa shape index (κ1) is 141. The van der Waals surface area contributed by atoms with Gasteiger partial charge in [-0.2, -0.15) is 33.0 Å². The van der Waals surface area contributed by atoms with Crippen molar-refractivity contribution in [1.29, 1.82) is 0 Å². The smallest absolute Gasteiger partial charge is 0.305 e. The Bertz CT molecular complexity index is 3710. The summed E-state index contributed by atoms with van der Waals surface area (Å²) in [5.74, 6) is -0.470. The number of fused-ring (bicyclic) bond motifs is 11. The molecular weight excluding hydrogens is 3040 g/mol. The Morgan fingerprint density at radius 1 is 0.349 bits per heavy atom. The monoisotopic (exact) mass is 3210 g/mol. The third-order valence-corrected chi connectivity index (χ3v) is 31.2. The average Bonchev–Trinajstić information content (AvgIpc) is 1.58. The van der Waals surface area contributed by atoms with Crippen LogP contribution in [0.15, 0.2) is 37.0 Å². The van der Waals surface area contributed by atoms with Crippen LogP contribution in [0.2, 0.25) is 0 Å². The number of aliphatic hydroxyl groups is 4. The maximum absolute atomic E-state index is 11.4. The molecule has 840 valence electrons. The minimum absolute atomic E-state index is 0. The topological polar surface area (TPSA) is 418 Å². The molecule has 0 amide bonds. The predicted molar refractivity (Wildman–Crippen MR) is 509 cm³/mol. The number of ether oxygens (including phenoxy) is 31. The van der Waals surface area contributed by atoms with Gasteiger partial charge in [0.15, 0.2) is 42.3 Å². The molecule has 16 rings (SSSR count). The summed E-state index contributed by atoms with van der Waals surface area (Å²) in [5, 5.41) is 38.7. The second-order valence-corrected chi connectivity index (χ2v) is 39.6. The molecule has 0 aromatic heterocycles. The van der Waals surface area contributed by atoms with Gasteiger partial charge in [-0.1, -0.05) is 150 Å². The quantitative estimate of drug-likeness (QED) is 0.0276. The van der Waals surface area contributed by atoms with E-state index in [1.807, 2.05) is 69.2 Å². The number of rotatable bonds is 32. The number of carbonyl (C=O) groups is 3. The molecule has 16 heterocycles. The molecule has 146 heavy (non-hydrogen) atoms. The Morgan fingerprint density at radius 2 is 0.678 bits per heavy atom. The van der Waals surface area contributed by atoms with Gasteiger partial charge in [0.2, 0.25) is 6.29 Å². The zero-order chi connectivity index (χ0) is 106. The first-order chi connectivity index (χ1) is 66.5. The maximum Gasteiger partial charge on any atom is 0.305 e. The molecule has 4 N–H and O–H groups in total. The van der Waals surface area contributed by atoms with Crippen LogP contribution in [0.25, 0.3) is 0 Å². The van der Waals surface area contributed by atoms with Crippen molar-refractivity contribution >= 4 is 17.9 Å². The summed E-state index contributed by atoms with van der Waals surface area (Å²) in [7, 11) is 14.7. The number of aliphatic hydroxyl groups excluding tert-OH is 4. The van der Waals surface area contributed by atoms with Crippen LogP contribution in [0.5, 0.6) is 0 Å². The van der Waals surface area contributed by atoms with Crippen molar-refractivity contribution in [2.45, 2.75) is 478 Å².